The molecule has 6 heteroatoms. The second kappa shape index (κ2) is 5.46. The Bertz CT molecular complexity index is 742. The van der Waals surface area contributed by atoms with E-state index in [-0.39, 0.29) is 4.90 Å². The average Bonchev–Trinajstić information content (AvgIpc) is 2.70. The molecule has 0 saturated heterocycles. The highest BCUT2D eigenvalue weighted by Crippen LogP contribution is 2.24. The first-order valence-corrected chi connectivity index (χ1v) is 8.30. The maximum atomic E-state index is 12.7. The number of hydrogen-bond acceptors (Lipinski definition) is 4. The van der Waals surface area contributed by atoms with Crippen LogP contribution in [-0.4, -0.2) is 24.3 Å². The first-order valence-electron chi connectivity index (χ1n) is 6.86. The summed E-state index contributed by atoms with van der Waals surface area (Å²) < 4.78 is 26.9. The predicted molar refractivity (Wildman–Crippen MR) is 81.0 cm³/mol. The van der Waals surface area contributed by atoms with E-state index in [4.69, 9.17) is 5.73 Å². The molecule has 0 fully saturated rings. The first kappa shape index (κ1) is 14.0. The van der Waals surface area contributed by atoms with Gasteiger partial charge in [-0.25, -0.2) is 13.4 Å². The van der Waals surface area contributed by atoms with E-state index in [1.54, 1.807) is 0 Å². The third kappa shape index (κ3) is 2.77. The van der Waals surface area contributed by atoms with Gasteiger partial charge in [0, 0.05) is 19.3 Å². The Morgan fingerprint density at radius 1 is 1.10 bits per heavy atom. The van der Waals surface area contributed by atoms with Gasteiger partial charge < -0.3 is 5.73 Å². The fourth-order valence-electron chi connectivity index (χ4n) is 2.57. The summed E-state index contributed by atoms with van der Waals surface area (Å²) in [5, 5.41) is 0. The number of nitrogen functional groups attached to an aromatic ring is 1. The van der Waals surface area contributed by atoms with Crippen LogP contribution >= 0.6 is 0 Å². The molecule has 3 rings (SSSR count). The topological polar surface area (TPSA) is 76.3 Å². The summed E-state index contributed by atoms with van der Waals surface area (Å²) in [6, 6.07) is 11.0. The summed E-state index contributed by atoms with van der Waals surface area (Å²) in [4.78, 5) is 4.07. The molecule has 0 unspecified atom stereocenters. The highest BCUT2D eigenvalue weighted by molar-refractivity contribution is 7.89. The van der Waals surface area contributed by atoms with E-state index in [0.717, 1.165) is 18.4 Å². The van der Waals surface area contributed by atoms with E-state index in [1.165, 1.54) is 28.2 Å². The van der Waals surface area contributed by atoms with Crippen molar-refractivity contribution in [3.8, 4) is 0 Å². The fourth-order valence-corrected chi connectivity index (χ4v) is 3.97. The Hall–Kier alpha value is -1.92. The van der Waals surface area contributed by atoms with Crippen molar-refractivity contribution in [2.45, 2.75) is 24.3 Å². The minimum atomic E-state index is -3.53. The lowest BCUT2D eigenvalue weighted by Crippen LogP contribution is -2.30. The van der Waals surface area contributed by atoms with E-state index in [0.29, 0.717) is 18.9 Å². The van der Waals surface area contributed by atoms with Gasteiger partial charge in [0.1, 0.15) is 10.7 Å². The molecule has 21 heavy (non-hydrogen) atoms. The van der Waals surface area contributed by atoms with Crippen molar-refractivity contribution in [2.24, 2.45) is 0 Å². The molecule has 2 heterocycles. The van der Waals surface area contributed by atoms with Crippen molar-refractivity contribution in [2.75, 3.05) is 12.3 Å². The number of pyridine rings is 1. The van der Waals surface area contributed by atoms with E-state index in [2.05, 4.69) is 11.1 Å². The van der Waals surface area contributed by atoms with Gasteiger partial charge >= 0.3 is 0 Å². The largest absolute Gasteiger partial charge is 0.384 e. The number of anilines is 1. The Labute approximate surface area is 124 Å². The molecule has 5 nitrogen and oxygen atoms in total. The van der Waals surface area contributed by atoms with Crippen LogP contribution in [0.1, 0.15) is 17.5 Å². The monoisotopic (exact) mass is 303 g/mol. The van der Waals surface area contributed by atoms with Crippen molar-refractivity contribution in [3.63, 3.8) is 0 Å². The van der Waals surface area contributed by atoms with Crippen LogP contribution in [0.5, 0.6) is 0 Å². The van der Waals surface area contributed by atoms with E-state index < -0.39 is 10.0 Å². The maximum Gasteiger partial charge on any atom is 0.244 e. The van der Waals surface area contributed by atoms with E-state index >= 15 is 0 Å². The zero-order valence-electron chi connectivity index (χ0n) is 11.6. The third-order valence-corrected chi connectivity index (χ3v) is 5.54. The van der Waals surface area contributed by atoms with Crippen LogP contribution in [0.4, 0.5) is 5.82 Å². The number of sulfonamides is 1. The summed E-state index contributed by atoms with van der Waals surface area (Å²) >= 11 is 0. The highest BCUT2D eigenvalue weighted by Gasteiger charge is 2.27. The molecule has 110 valence electrons. The molecule has 0 radical (unpaired) electrons. The summed E-state index contributed by atoms with van der Waals surface area (Å²) in [5.41, 5.74) is 7.82. The van der Waals surface area contributed by atoms with Crippen molar-refractivity contribution < 1.29 is 8.42 Å². The quantitative estimate of drug-likeness (QED) is 0.918. The Kier molecular flexibility index (Phi) is 3.65. The standard InChI is InChI=1S/C15H17N3O2S/c16-15-8-7-14(10-17-15)21(19,20)18-9-3-6-12-4-1-2-5-13(12)11-18/h1-2,4-5,7-8,10H,3,6,9,11H2,(H2,16,17). The molecule has 0 spiro atoms. The van der Waals surface area contributed by atoms with Gasteiger partial charge in [-0.15, -0.1) is 0 Å². The maximum absolute atomic E-state index is 12.7. The second-order valence-corrected chi connectivity index (χ2v) is 7.07. The van der Waals surface area contributed by atoms with Crippen LogP contribution < -0.4 is 5.73 Å². The smallest absolute Gasteiger partial charge is 0.244 e. The van der Waals surface area contributed by atoms with Crippen LogP contribution in [0.2, 0.25) is 0 Å². The molecule has 0 atom stereocenters. The number of fused-ring (bicyclic) bond motifs is 1. The van der Waals surface area contributed by atoms with E-state index in [1.807, 2.05) is 18.2 Å². The van der Waals surface area contributed by atoms with Gasteiger partial charge in [0.2, 0.25) is 10.0 Å². The summed E-state index contributed by atoms with van der Waals surface area (Å²) in [7, 11) is -3.53. The second-order valence-electron chi connectivity index (χ2n) is 5.13. The minimum Gasteiger partial charge on any atom is -0.384 e. The van der Waals surface area contributed by atoms with Gasteiger partial charge in [-0.3, -0.25) is 0 Å². The van der Waals surface area contributed by atoms with Crippen LogP contribution in [-0.2, 0) is 23.0 Å². The number of nitrogens with zero attached hydrogens (tertiary/aromatic N) is 2. The molecule has 0 amide bonds. The van der Waals surface area contributed by atoms with Crippen LogP contribution in [0.15, 0.2) is 47.5 Å². The van der Waals surface area contributed by atoms with E-state index in [9.17, 15) is 8.42 Å². The zero-order valence-corrected chi connectivity index (χ0v) is 12.4. The SMILES string of the molecule is Nc1ccc(S(=O)(=O)N2CCCc3ccccc3C2)cn1. The molecule has 2 aromatic rings. The normalized spacial score (nSPS) is 16.2. The predicted octanol–water partition coefficient (Wildman–Crippen LogP) is 1.80. The van der Waals surface area contributed by atoms with Crippen molar-refractivity contribution in [3.05, 3.63) is 53.7 Å². The number of aromatic nitrogens is 1. The van der Waals surface area contributed by atoms with Crippen molar-refractivity contribution >= 4 is 15.8 Å². The highest BCUT2D eigenvalue weighted by atomic mass is 32.2. The molecular formula is C15H17N3O2S. The minimum absolute atomic E-state index is 0.191. The van der Waals surface area contributed by atoms with Gasteiger partial charge in [0.25, 0.3) is 0 Å². The molecule has 1 aliphatic heterocycles. The molecule has 0 aliphatic carbocycles. The Morgan fingerprint density at radius 2 is 1.86 bits per heavy atom. The molecule has 2 N–H and O–H groups in total. The van der Waals surface area contributed by atoms with Gasteiger partial charge in [0.05, 0.1) is 0 Å². The summed E-state index contributed by atoms with van der Waals surface area (Å²) in [6.07, 6.45) is 3.04. The lowest BCUT2D eigenvalue weighted by atomic mass is 10.0. The first-order chi connectivity index (χ1) is 10.1. The number of aryl methyl sites for hydroxylation is 1. The van der Waals surface area contributed by atoms with Gasteiger partial charge in [-0.2, -0.15) is 4.31 Å². The molecule has 0 saturated carbocycles. The van der Waals surface area contributed by atoms with Crippen LogP contribution in [0.3, 0.4) is 0 Å². The average molecular weight is 303 g/mol. The third-order valence-electron chi connectivity index (χ3n) is 3.72. The van der Waals surface area contributed by atoms with Crippen molar-refractivity contribution in [1.29, 1.82) is 0 Å². The molecule has 1 aliphatic rings. The molecule has 0 bridgehead atoms. The number of nitrogens with two attached hydrogens (primary N) is 1. The van der Waals surface area contributed by atoms with Gasteiger partial charge in [0.15, 0.2) is 0 Å². The van der Waals surface area contributed by atoms with Gasteiger partial charge in [-0.1, -0.05) is 24.3 Å². The van der Waals surface area contributed by atoms with Gasteiger partial charge in [-0.05, 0) is 36.1 Å². The number of hydrogen-bond donors (Lipinski definition) is 1. The Morgan fingerprint density at radius 3 is 2.57 bits per heavy atom. The van der Waals surface area contributed by atoms with Crippen molar-refractivity contribution in [1.82, 2.24) is 9.29 Å². The zero-order chi connectivity index (χ0) is 14.9. The number of benzene rings is 1. The molecule has 1 aromatic heterocycles. The lowest BCUT2D eigenvalue weighted by Gasteiger charge is -2.20. The fraction of sp³-hybridized carbons (Fsp3) is 0.267. The van der Waals surface area contributed by atoms with Crippen LogP contribution in [0, 0.1) is 0 Å². The summed E-state index contributed by atoms with van der Waals surface area (Å²) in [5.74, 6) is 0.315. The molecule has 1 aromatic carbocycles. The lowest BCUT2D eigenvalue weighted by molar-refractivity contribution is 0.410. The Balaban J connectivity index is 1.94. The number of rotatable bonds is 2. The van der Waals surface area contributed by atoms with Crippen LogP contribution in [0.25, 0.3) is 0 Å². The molecular weight excluding hydrogens is 286 g/mol. The summed E-state index contributed by atoms with van der Waals surface area (Å²) in [6.45, 7) is 0.921.